The number of rotatable bonds is 4. The van der Waals surface area contributed by atoms with Crippen LogP contribution in [0.5, 0.6) is 0 Å². The van der Waals surface area contributed by atoms with Gasteiger partial charge in [-0.15, -0.1) is 0 Å². The summed E-state index contributed by atoms with van der Waals surface area (Å²) in [7, 11) is 0. The van der Waals surface area contributed by atoms with Gasteiger partial charge in [0.2, 0.25) is 0 Å². The molecule has 1 saturated carbocycles. The summed E-state index contributed by atoms with van der Waals surface area (Å²) < 4.78 is 0. The summed E-state index contributed by atoms with van der Waals surface area (Å²) in [4.78, 5) is 3.38. The van der Waals surface area contributed by atoms with Crippen LogP contribution in [0.1, 0.15) is 31.7 Å². The lowest BCUT2D eigenvalue weighted by molar-refractivity contribution is 0.503. The number of para-hydroxylation sites is 1. The second kappa shape index (κ2) is 4.19. The molecule has 3 atom stereocenters. The number of nitrogens with one attached hydrogen (secondary N) is 2. The zero-order valence-electron chi connectivity index (χ0n) is 10.5. The fraction of sp³-hybridized carbons (Fsp3) is 0.467. The molecular formula is C15H20N2. The van der Waals surface area contributed by atoms with Gasteiger partial charge < -0.3 is 10.3 Å². The molecule has 17 heavy (non-hydrogen) atoms. The van der Waals surface area contributed by atoms with Gasteiger partial charge in [-0.1, -0.05) is 25.1 Å². The Hall–Kier alpha value is -1.28. The summed E-state index contributed by atoms with van der Waals surface area (Å²) in [5.41, 5.74) is 2.78. The molecule has 2 heteroatoms. The van der Waals surface area contributed by atoms with E-state index in [4.69, 9.17) is 0 Å². The molecule has 3 rings (SSSR count). The Bertz CT molecular complexity index is 514. The van der Waals surface area contributed by atoms with E-state index in [9.17, 15) is 0 Å². The summed E-state index contributed by atoms with van der Waals surface area (Å²) >= 11 is 0. The molecule has 90 valence electrons. The topological polar surface area (TPSA) is 27.8 Å². The predicted octanol–water partition coefficient (Wildman–Crippen LogP) is 3.27. The average Bonchev–Trinajstić information content (AvgIpc) is 3.02. The lowest BCUT2D eigenvalue weighted by Crippen LogP contribution is -2.27. The normalized spacial score (nSPS) is 25.1. The third kappa shape index (κ3) is 1.87. The monoisotopic (exact) mass is 228 g/mol. The molecule has 2 aromatic rings. The van der Waals surface area contributed by atoms with Crippen LogP contribution in [0.3, 0.4) is 0 Å². The maximum absolute atomic E-state index is 3.54. The van der Waals surface area contributed by atoms with Crippen LogP contribution in [0.4, 0.5) is 0 Å². The standard InChI is InChI=1S/C15H20N2/c1-3-16-10(2)12-8-13(12)14-9-17-15-7-5-4-6-11(14)15/h4-7,9-10,12-13,16-17H,3,8H2,1-2H3/t10?,12-,13+/m0/s1. The van der Waals surface area contributed by atoms with E-state index in [2.05, 4.69) is 54.6 Å². The Morgan fingerprint density at radius 3 is 3.06 bits per heavy atom. The Morgan fingerprint density at radius 1 is 1.41 bits per heavy atom. The first-order valence-electron chi connectivity index (χ1n) is 6.60. The van der Waals surface area contributed by atoms with Gasteiger partial charge in [-0.25, -0.2) is 0 Å². The van der Waals surface area contributed by atoms with E-state index >= 15 is 0 Å². The van der Waals surface area contributed by atoms with Crippen LogP contribution in [0.25, 0.3) is 10.9 Å². The minimum atomic E-state index is 0.638. The smallest absolute Gasteiger partial charge is 0.0456 e. The van der Waals surface area contributed by atoms with Crippen molar-refractivity contribution in [1.29, 1.82) is 0 Å². The van der Waals surface area contributed by atoms with Gasteiger partial charge in [0.15, 0.2) is 0 Å². The fourth-order valence-corrected chi connectivity index (χ4v) is 3.00. The molecule has 0 bridgehead atoms. The van der Waals surface area contributed by atoms with Gasteiger partial charge in [0.05, 0.1) is 0 Å². The molecule has 1 unspecified atom stereocenters. The van der Waals surface area contributed by atoms with Crippen molar-refractivity contribution in [1.82, 2.24) is 10.3 Å². The van der Waals surface area contributed by atoms with Gasteiger partial charge in [0, 0.05) is 23.1 Å². The lowest BCUT2D eigenvalue weighted by atomic mass is 10.1. The second-order valence-electron chi connectivity index (χ2n) is 5.14. The minimum Gasteiger partial charge on any atom is -0.361 e. The third-order valence-corrected chi connectivity index (χ3v) is 4.03. The molecule has 0 amide bonds. The van der Waals surface area contributed by atoms with Crippen LogP contribution in [-0.4, -0.2) is 17.6 Å². The van der Waals surface area contributed by atoms with E-state index in [1.807, 2.05) is 0 Å². The highest BCUT2D eigenvalue weighted by Gasteiger charge is 2.42. The van der Waals surface area contributed by atoms with Crippen molar-refractivity contribution >= 4 is 10.9 Å². The van der Waals surface area contributed by atoms with Gasteiger partial charge in [0.25, 0.3) is 0 Å². The predicted molar refractivity (Wildman–Crippen MR) is 72.3 cm³/mol. The van der Waals surface area contributed by atoms with Crippen molar-refractivity contribution in [2.75, 3.05) is 6.54 Å². The van der Waals surface area contributed by atoms with Crippen LogP contribution in [-0.2, 0) is 0 Å². The molecule has 1 aliphatic rings. The second-order valence-corrected chi connectivity index (χ2v) is 5.14. The van der Waals surface area contributed by atoms with E-state index in [1.165, 1.54) is 22.9 Å². The summed E-state index contributed by atoms with van der Waals surface area (Å²) in [6, 6.07) is 9.25. The number of fused-ring (bicyclic) bond motifs is 1. The molecule has 1 aromatic heterocycles. The summed E-state index contributed by atoms with van der Waals surface area (Å²) in [6.45, 7) is 5.56. The highest BCUT2D eigenvalue weighted by molar-refractivity contribution is 5.84. The van der Waals surface area contributed by atoms with Gasteiger partial charge >= 0.3 is 0 Å². The Kier molecular flexibility index (Phi) is 2.67. The summed E-state index contributed by atoms with van der Waals surface area (Å²) in [5.74, 6) is 1.56. The van der Waals surface area contributed by atoms with Crippen LogP contribution in [0, 0.1) is 5.92 Å². The van der Waals surface area contributed by atoms with Crippen LogP contribution >= 0.6 is 0 Å². The van der Waals surface area contributed by atoms with E-state index < -0.39 is 0 Å². The molecular weight excluding hydrogens is 208 g/mol. The maximum atomic E-state index is 3.54. The molecule has 1 heterocycles. The average molecular weight is 228 g/mol. The first-order valence-corrected chi connectivity index (χ1v) is 6.60. The molecule has 1 aromatic carbocycles. The number of aromatic amines is 1. The van der Waals surface area contributed by atoms with Gasteiger partial charge in [-0.3, -0.25) is 0 Å². The van der Waals surface area contributed by atoms with E-state index in [0.717, 1.165) is 18.4 Å². The Balaban J connectivity index is 1.83. The van der Waals surface area contributed by atoms with Gasteiger partial charge in [0.1, 0.15) is 0 Å². The number of benzene rings is 1. The molecule has 0 spiro atoms. The number of aromatic nitrogens is 1. The van der Waals surface area contributed by atoms with Crippen molar-refractivity contribution in [2.24, 2.45) is 5.92 Å². The Morgan fingerprint density at radius 2 is 2.24 bits per heavy atom. The van der Waals surface area contributed by atoms with Crippen LogP contribution < -0.4 is 5.32 Å². The highest BCUT2D eigenvalue weighted by atomic mass is 14.9. The summed E-state index contributed by atoms with van der Waals surface area (Å²) in [6.07, 6.45) is 3.53. The van der Waals surface area contributed by atoms with Crippen molar-refractivity contribution in [3.63, 3.8) is 0 Å². The van der Waals surface area contributed by atoms with Crippen LogP contribution in [0.2, 0.25) is 0 Å². The molecule has 0 radical (unpaired) electrons. The highest BCUT2D eigenvalue weighted by Crippen LogP contribution is 2.51. The van der Waals surface area contributed by atoms with Crippen molar-refractivity contribution in [2.45, 2.75) is 32.2 Å². The fourth-order valence-electron chi connectivity index (χ4n) is 3.00. The summed E-state index contributed by atoms with van der Waals surface area (Å²) in [5, 5.41) is 4.94. The molecule has 0 aliphatic heterocycles. The first kappa shape index (κ1) is 10.8. The SMILES string of the molecule is CCNC(C)[C@@H]1C[C@H]1c1c[nH]c2ccccc12. The van der Waals surface area contributed by atoms with Gasteiger partial charge in [-0.2, -0.15) is 0 Å². The largest absolute Gasteiger partial charge is 0.361 e. The van der Waals surface area contributed by atoms with E-state index in [1.54, 1.807) is 0 Å². The molecule has 2 N–H and O–H groups in total. The number of H-pyrrole nitrogens is 1. The molecule has 2 nitrogen and oxygen atoms in total. The Labute approximate surface area is 102 Å². The number of hydrogen-bond donors (Lipinski definition) is 2. The first-order chi connectivity index (χ1) is 8.31. The zero-order valence-corrected chi connectivity index (χ0v) is 10.5. The lowest BCUT2D eigenvalue weighted by Gasteiger charge is -2.11. The molecule has 1 aliphatic carbocycles. The zero-order chi connectivity index (χ0) is 11.8. The third-order valence-electron chi connectivity index (χ3n) is 4.03. The number of hydrogen-bond acceptors (Lipinski definition) is 1. The van der Waals surface area contributed by atoms with Gasteiger partial charge in [-0.05, 0) is 43.4 Å². The maximum Gasteiger partial charge on any atom is 0.0456 e. The van der Waals surface area contributed by atoms with Crippen molar-refractivity contribution in [3.05, 3.63) is 36.0 Å². The molecule has 0 saturated heterocycles. The van der Waals surface area contributed by atoms with E-state index in [-0.39, 0.29) is 0 Å². The minimum absolute atomic E-state index is 0.638. The van der Waals surface area contributed by atoms with E-state index in [0.29, 0.717) is 6.04 Å². The van der Waals surface area contributed by atoms with Crippen molar-refractivity contribution < 1.29 is 0 Å². The van der Waals surface area contributed by atoms with Crippen molar-refractivity contribution in [3.8, 4) is 0 Å². The van der Waals surface area contributed by atoms with Crippen LogP contribution in [0.15, 0.2) is 30.5 Å². The quantitative estimate of drug-likeness (QED) is 0.826. The molecule has 1 fully saturated rings.